The number of hydrogen-bond acceptors (Lipinski definition) is 4. The Bertz CT molecular complexity index is 570. The van der Waals surface area contributed by atoms with Crippen LogP contribution in [0.3, 0.4) is 0 Å². The SMILES string of the molecule is CCc1nccn1CCCNC(=O)[C@@H]1CCC(=O)N(CCN(C)C)C1. The van der Waals surface area contributed by atoms with Gasteiger partial charge in [-0.25, -0.2) is 4.98 Å². The van der Waals surface area contributed by atoms with Gasteiger partial charge >= 0.3 is 0 Å². The van der Waals surface area contributed by atoms with Gasteiger partial charge in [-0.2, -0.15) is 0 Å². The van der Waals surface area contributed by atoms with E-state index in [-0.39, 0.29) is 17.7 Å². The van der Waals surface area contributed by atoms with Crippen LogP contribution < -0.4 is 5.32 Å². The van der Waals surface area contributed by atoms with Gasteiger partial charge in [0.15, 0.2) is 0 Å². The summed E-state index contributed by atoms with van der Waals surface area (Å²) in [6.45, 7) is 5.66. The molecule has 0 spiro atoms. The van der Waals surface area contributed by atoms with E-state index in [1.54, 1.807) is 0 Å². The molecular formula is C18H31N5O2. The van der Waals surface area contributed by atoms with Crippen LogP contribution in [0.1, 0.15) is 32.0 Å². The predicted octanol–water partition coefficient (Wildman–Crippen LogP) is 0.752. The Hall–Kier alpha value is -1.89. The quantitative estimate of drug-likeness (QED) is 0.668. The van der Waals surface area contributed by atoms with Gasteiger partial charge < -0.3 is 19.7 Å². The highest BCUT2D eigenvalue weighted by Crippen LogP contribution is 2.17. The molecule has 1 atom stereocenters. The summed E-state index contributed by atoms with van der Waals surface area (Å²) in [5.74, 6) is 1.23. The van der Waals surface area contributed by atoms with Crippen molar-refractivity contribution in [2.75, 3.05) is 40.3 Å². The third kappa shape index (κ3) is 5.85. The molecule has 0 bridgehead atoms. The van der Waals surface area contributed by atoms with Gasteiger partial charge in [-0.05, 0) is 26.9 Å². The number of nitrogens with zero attached hydrogens (tertiary/aromatic N) is 4. The number of amides is 2. The van der Waals surface area contributed by atoms with Crippen molar-refractivity contribution in [2.45, 2.75) is 39.2 Å². The molecule has 0 aliphatic carbocycles. The lowest BCUT2D eigenvalue weighted by molar-refractivity contribution is -0.138. The largest absolute Gasteiger partial charge is 0.356 e. The van der Waals surface area contributed by atoms with Crippen LogP contribution >= 0.6 is 0 Å². The minimum atomic E-state index is -0.0840. The van der Waals surface area contributed by atoms with E-state index >= 15 is 0 Å². The maximum atomic E-state index is 12.4. The number of carbonyl (C=O) groups excluding carboxylic acids is 2. The third-order valence-electron chi connectivity index (χ3n) is 4.68. The molecule has 2 amide bonds. The first-order chi connectivity index (χ1) is 12.0. The van der Waals surface area contributed by atoms with E-state index < -0.39 is 0 Å². The first-order valence-corrected chi connectivity index (χ1v) is 9.21. The summed E-state index contributed by atoms with van der Waals surface area (Å²) < 4.78 is 2.13. The second-order valence-electron chi connectivity index (χ2n) is 6.91. The van der Waals surface area contributed by atoms with Crippen LogP contribution in [0.5, 0.6) is 0 Å². The van der Waals surface area contributed by atoms with Crippen molar-refractivity contribution in [1.29, 1.82) is 0 Å². The molecule has 1 saturated heterocycles. The Balaban J connectivity index is 1.72. The normalized spacial score (nSPS) is 18.0. The van der Waals surface area contributed by atoms with Gasteiger partial charge in [0, 0.05) is 58.0 Å². The molecule has 1 N–H and O–H groups in total. The lowest BCUT2D eigenvalue weighted by atomic mass is 9.96. The number of aryl methyl sites for hydroxylation is 2. The van der Waals surface area contributed by atoms with Gasteiger partial charge in [0.2, 0.25) is 11.8 Å². The zero-order valence-electron chi connectivity index (χ0n) is 15.7. The van der Waals surface area contributed by atoms with E-state index in [1.807, 2.05) is 31.4 Å². The van der Waals surface area contributed by atoms with Crippen LogP contribution in [0.4, 0.5) is 0 Å². The summed E-state index contributed by atoms with van der Waals surface area (Å²) in [5, 5.41) is 3.03. The van der Waals surface area contributed by atoms with Gasteiger partial charge in [-0.1, -0.05) is 6.92 Å². The summed E-state index contributed by atoms with van der Waals surface area (Å²) in [4.78, 5) is 32.6. The average molecular weight is 349 g/mol. The van der Waals surface area contributed by atoms with Crippen LogP contribution in [0.25, 0.3) is 0 Å². The lowest BCUT2D eigenvalue weighted by Crippen LogP contribution is -2.47. The summed E-state index contributed by atoms with van der Waals surface area (Å²) in [7, 11) is 3.98. The highest BCUT2D eigenvalue weighted by Gasteiger charge is 2.29. The number of imidazole rings is 1. The molecule has 7 nitrogen and oxygen atoms in total. The van der Waals surface area contributed by atoms with Gasteiger partial charge in [0.05, 0.1) is 5.92 Å². The van der Waals surface area contributed by atoms with Gasteiger partial charge in [-0.15, -0.1) is 0 Å². The van der Waals surface area contributed by atoms with Crippen LogP contribution in [0.15, 0.2) is 12.4 Å². The van der Waals surface area contributed by atoms with Crippen LogP contribution in [-0.2, 0) is 22.6 Å². The molecule has 25 heavy (non-hydrogen) atoms. The van der Waals surface area contributed by atoms with Crippen molar-refractivity contribution in [3.8, 4) is 0 Å². The molecule has 7 heteroatoms. The fourth-order valence-corrected chi connectivity index (χ4v) is 3.13. The van der Waals surface area contributed by atoms with Crippen molar-refractivity contribution in [2.24, 2.45) is 5.92 Å². The molecule has 0 unspecified atom stereocenters. The fraction of sp³-hybridized carbons (Fsp3) is 0.722. The Morgan fingerprint density at radius 3 is 2.92 bits per heavy atom. The van der Waals surface area contributed by atoms with Crippen LogP contribution in [0, 0.1) is 5.92 Å². The first-order valence-electron chi connectivity index (χ1n) is 9.21. The highest BCUT2D eigenvalue weighted by molar-refractivity contribution is 5.83. The maximum Gasteiger partial charge on any atom is 0.224 e. The minimum Gasteiger partial charge on any atom is -0.356 e. The summed E-state index contributed by atoms with van der Waals surface area (Å²) in [6, 6.07) is 0. The fourth-order valence-electron chi connectivity index (χ4n) is 3.13. The molecule has 0 saturated carbocycles. The number of likely N-dealkylation sites (tertiary alicyclic amines) is 1. The average Bonchev–Trinajstić information content (AvgIpc) is 3.05. The van der Waals surface area contributed by atoms with Crippen LogP contribution in [0.2, 0.25) is 0 Å². The molecule has 140 valence electrons. The van der Waals surface area contributed by atoms with Gasteiger partial charge in [0.25, 0.3) is 0 Å². The Labute approximate surface area is 150 Å². The second-order valence-corrected chi connectivity index (χ2v) is 6.91. The minimum absolute atomic E-state index is 0.0729. The molecule has 0 aromatic carbocycles. The molecule has 2 heterocycles. The number of nitrogens with one attached hydrogen (secondary N) is 1. The lowest BCUT2D eigenvalue weighted by Gasteiger charge is -2.32. The van der Waals surface area contributed by atoms with E-state index in [9.17, 15) is 9.59 Å². The molecule has 2 rings (SSSR count). The second kappa shape index (κ2) is 9.56. The molecule has 1 aromatic heterocycles. The molecule has 1 aromatic rings. The highest BCUT2D eigenvalue weighted by atomic mass is 16.2. The van der Waals surface area contributed by atoms with Crippen molar-refractivity contribution >= 4 is 11.8 Å². The van der Waals surface area contributed by atoms with Crippen molar-refractivity contribution in [3.05, 3.63) is 18.2 Å². The number of carbonyl (C=O) groups is 2. The predicted molar refractivity (Wildman–Crippen MR) is 97.1 cm³/mol. The van der Waals surface area contributed by atoms with E-state index in [2.05, 4.69) is 26.7 Å². The Kier molecular flexibility index (Phi) is 7.43. The maximum absolute atomic E-state index is 12.4. The smallest absolute Gasteiger partial charge is 0.224 e. The molecule has 1 fully saturated rings. The third-order valence-corrected chi connectivity index (χ3v) is 4.68. The number of rotatable bonds is 9. The van der Waals surface area contributed by atoms with E-state index in [1.165, 1.54) is 0 Å². The molecular weight excluding hydrogens is 318 g/mol. The number of aromatic nitrogens is 2. The van der Waals surface area contributed by atoms with Gasteiger partial charge in [0.1, 0.15) is 5.82 Å². The monoisotopic (exact) mass is 349 g/mol. The molecule has 0 radical (unpaired) electrons. The summed E-state index contributed by atoms with van der Waals surface area (Å²) in [6.07, 6.45) is 6.73. The van der Waals surface area contributed by atoms with E-state index in [0.717, 1.165) is 31.8 Å². The Morgan fingerprint density at radius 2 is 2.20 bits per heavy atom. The van der Waals surface area contributed by atoms with Crippen LogP contribution in [-0.4, -0.2) is 71.4 Å². The molecule has 1 aliphatic heterocycles. The summed E-state index contributed by atoms with van der Waals surface area (Å²) >= 11 is 0. The standard InChI is InChI=1S/C18H31N5O2/c1-4-16-19-9-11-22(16)10-5-8-20-18(25)15-6-7-17(24)23(14-15)13-12-21(2)3/h9,11,15H,4-8,10,12-14H2,1-3H3,(H,20,25)/t15-/m1/s1. The van der Waals surface area contributed by atoms with Crippen molar-refractivity contribution < 1.29 is 9.59 Å². The van der Waals surface area contributed by atoms with Crippen molar-refractivity contribution in [3.63, 3.8) is 0 Å². The topological polar surface area (TPSA) is 70.5 Å². The van der Waals surface area contributed by atoms with Crippen molar-refractivity contribution in [1.82, 2.24) is 24.7 Å². The Morgan fingerprint density at radius 1 is 1.40 bits per heavy atom. The first kappa shape index (κ1) is 19.4. The van der Waals surface area contributed by atoms with Gasteiger partial charge in [-0.3, -0.25) is 9.59 Å². The van der Waals surface area contributed by atoms with E-state index in [0.29, 0.717) is 32.5 Å². The number of piperidine rings is 1. The summed E-state index contributed by atoms with van der Waals surface area (Å²) in [5.41, 5.74) is 0. The molecule has 1 aliphatic rings. The zero-order valence-corrected chi connectivity index (χ0v) is 15.7. The number of hydrogen-bond donors (Lipinski definition) is 1. The number of likely N-dealkylation sites (N-methyl/N-ethyl adjacent to an activating group) is 1. The zero-order chi connectivity index (χ0) is 18.2. The van der Waals surface area contributed by atoms with E-state index in [4.69, 9.17) is 0 Å².